The smallest absolute Gasteiger partial charge is 0.257 e. The number of amides is 1. The van der Waals surface area contributed by atoms with Gasteiger partial charge in [0.1, 0.15) is 5.56 Å². The van der Waals surface area contributed by atoms with E-state index in [0.29, 0.717) is 23.4 Å². The summed E-state index contributed by atoms with van der Waals surface area (Å²) in [6.45, 7) is 7.92. The van der Waals surface area contributed by atoms with E-state index in [-0.39, 0.29) is 5.91 Å². The molecule has 7 heteroatoms. The van der Waals surface area contributed by atoms with Gasteiger partial charge in [-0.3, -0.25) is 9.69 Å². The van der Waals surface area contributed by atoms with Crippen molar-refractivity contribution in [2.45, 2.75) is 19.8 Å². The number of para-hydroxylation sites is 1. The van der Waals surface area contributed by atoms with Gasteiger partial charge in [-0.05, 0) is 44.5 Å². The zero-order chi connectivity index (χ0) is 20.1. The van der Waals surface area contributed by atoms with E-state index >= 15 is 0 Å². The maximum Gasteiger partial charge on any atom is 0.257 e. The third kappa shape index (κ3) is 4.56. The fourth-order valence-corrected chi connectivity index (χ4v) is 3.88. The standard InChI is InChI=1S/C22H28N6O/c1-18-20(21-23-11-7-13-28(21)25-18)22(29)24-10-5-6-12-26-14-16-27(17-15-26)19-8-3-2-4-9-19/h2-4,7-9,11,13H,5-6,10,12,14-17H2,1H3,(H,24,29). The Hall–Kier alpha value is -2.93. The van der Waals surface area contributed by atoms with E-state index in [4.69, 9.17) is 0 Å². The molecule has 0 bridgehead atoms. The van der Waals surface area contributed by atoms with Gasteiger partial charge in [-0.2, -0.15) is 5.10 Å². The van der Waals surface area contributed by atoms with Gasteiger partial charge >= 0.3 is 0 Å². The Labute approximate surface area is 171 Å². The Bertz CT molecular complexity index is 946. The zero-order valence-corrected chi connectivity index (χ0v) is 16.9. The lowest BCUT2D eigenvalue weighted by atomic mass is 10.2. The number of hydrogen-bond acceptors (Lipinski definition) is 5. The summed E-state index contributed by atoms with van der Waals surface area (Å²) in [5.41, 5.74) is 3.20. The van der Waals surface area contributed by atoms with Crippen molar-refractivity contribution in [3.63, 3.8) is 0 Å². The van der Waals surface area contributed by atoms with Crippen molar-refractivity contribution in [2.75, 3.05) is 44.2 Å². The lowest BCUT2D eigenvalue weighted by Crippen LogP contribution is -2.46. The summed E-state index contributed by atoms with van der Waals surface area (Å²) in [6, 6.07) is 12.4. The zero-order valence-electron chi connectivity index (χ0n) is 16.9. The van der Waals surface area contributed by atoms with Crippen molar-refractivity contribution < 1.29 is 4.79 Å². The van der Waals surface area contributed by atoms with E-state index in [2.05, 4.69) is 55.5 Å². The molecule has 1 aliphatic heterocycles. The topological polar surface area (TPSA) is 65.8 Å². The summed E-state index contributed by atoms with van der Waals surface area (Å²) >= 11 is 0. The molecule has 1 saturated heterocycles. The summed E-state index contributed by atoms with van der Waals surface area (Å²) < 4.78 is 1.65. The Morgan fingerprint density at radius 2 is 1.86 bits per heavy atom. The van der Waals surface area contributed by atoms with Crippen LogP contribution in [0.2, 0.25) is 0 Å². The van der Waals surface area contributed by atoms with Crippen LogP contribution in [0, 0.1) is 6.92 Å². The van der Waals surface area contributed by atoms with Gasteiger partial charge in [0.25, 0.3) is 5.91 Å². The van der Waals surface area contributed by atoms with Gasteiger partial charge in [0.05, 0.1) is 5.69 Å². The van der Waals surface area contributed by atoms with E-state index in [0.717, 1.165) is 45.6 Å². The van der Waals surface area contributed by atoms with Crippen LogP contribution in [0.5, 0.6) is 0 Å². The number of aromatic nitrogens is 3. The van der Waals surface area contributed by atoms with Gasteiger partial charge in [-0.15, -0.1) is 0 Å². The van der Waals surface area contributed by atoms with Crippen molar-refractivity contribution in [3.8, 4) is 0 Å². The third-order valence-corrected chi connectivity index (χ3v) is 5.48. The highest BCUT2D eigenvalue weighted by Gasteiger charge is 2.18. The summed E-state index contributed by atoms with van der Waals surface area (Å²) in [6.07, 6.45) is 5.54. The first-order valence-electron chi connectivity index (χ1n) is 10.3. The Balaban J connectivity index is 1.17. The van der Waals surface area contributed by atoms with Crippen molar-refractivity contribution in [1.82, 2.24) is 24.8 Å². The fourth-order valence-electron chi connectivity index (χ4n) is 3.88. The second kappa shape index (κ2) is 9.05. The lowest BCUT2D eigenvalue weighted by molar-refractivity contribution is 0.0953. The molecule has 29 heavy (non-hydrogen) atoms. The lowest BCUT2D eigenvalue weighted by Gasteiger charge is -2.36. The molecule has 152 valence electrons. The first-order valence-corrected chi connectivity index (χ1v) is 10.3. The first-order chi connectivity index (χ1) is 14.2. The van der Waals surface area contributed by atoms with Crippen LogP contribution in [0.3, 0.4) is 0 Å². The van der Waals surface area contributed by atoms with Gasteiger partial charge in [0.2, 0.25) is 0 Å². The van der Waals surface area contributed by atoms with E-state index in [9.17, 15) is 4.79 Å². The normalized spacial score (nSPS) is 15.0. The molecule has 1 aliphatic rings. The molecule has 7 nitrogen and oxygen atoms in total. The number of aryl methyl sites for hydroxylation is 1. The van der Waals surface area contributed by atoms with Gasteiger partial charge < -0.3 is 10.2 Å². The average Bonchev–Trinajstić information content (AvgIpc) is 3.10. The molecular weight excluding hydrogens is 364 g/mol. The van der Waals surface area contributed by atoms with Crippen LogP contribution >= 0.6 is 0 Å². The van der Waals surface area contributed by atoms with Crippen LogP contribution in [0.1, 0.15) is 28.9 Å². The van der Waals surface area contributed by atoms with Crippen LogP contribution < -0.4 is 10.2 Å². The molecule has 0 atom stereocenters. The second-order valence-corrected chi connectivity index (χ2v) is 7.48. The number of fused-ring (bicyclic) bond motifs is 1. The number of carbonyl (C=O) groups excluding carboxylic acids is 1. The highest BCUT2D eigenvalue weighted by molar-refractivity contribution is 6.00. The Morgan fingerprint density at radius 3 is 2.66 bits per heavy atom. The van der Waals surface area contributed by atoms with Crippen LogP contribution in [-0.4, -0.2) is 64.7 Å². The molecule has 3 heterocycles. The molecule has 2 aromatic heterocycles. The molecule has 1 aromatic carbocycles. The summed E-state index contributed by atoms with van der Waals surface area (Å²) in [5.74, 6) is -0.0901. The molecule has 1 fully saturated rings. The number of nitrogens with zero attached hydrogens (tertiary/aromatic N) is 5. The van der Waals surface area contributed by atoms with Gasteiger partial charge in [-0.1, -0.05) is 18.2 Å². The Kier molecular flexibility index (Phi) is 6.05. The van der Waals surface area contributed by atoms with Crippen LogP contribution in [-0.2, 0) is 0 Å². The highest BCUT2D eigenvalue weighted by Crippen LogP contribution is 2.16. The van der Waals surface area contributed by atoms with E-state index in [1.54, 1.807) is 16.8 Å². The van der Waals surface area contributed by atoms with Crippen molar-refractivity contribution in [3.05, 3.63) is 60.0 Å². The van der Waals surface area contributed by atoms with Crippen LogP contribution in [0.15, 0.2) is 48.8 Å². The number of rotatable bonds is 7. The molecule has 0 unspecified atom stereocenters. The minimum Gasteiger partial charge on any atom is -0.369 e. The second-order valence-electron chi connectivity index (χ2n) is 7.48. The number of piperazine rings is 1. The summed E-state index contributed by atoms with van der Waals surface area (Å²) in [4.78, 5) is 21.8. The van der Waals surface area contributed by atoms with E-state index < -0.39 is 0 Å². The SMILES string of the molecule is Cc1nn2cccnc2c1C(=O)NCCCCN1CCN(c2ccccc2)CC1. The fraction of sp³-hybridized carbons (Fsp3) is 0.409. The third-order valence-electron chi connectivity index (χ3n) is 5.48. The summed E-state index contributed by atoms with van der Waals surface area (Å²) in [7, 11) is 0. The quantitative estimate of drug-likeness (QED) is 0.626. The van der Waals surface area contributed by atoms with E-state index in [1.807, 2.05) is 13.1 Å². The molecule has 1 N–H and O–H groups in total. The minimum atomic E-state index is -0.0901. The maximum atomic E-state index is 12.6. The van der Waals surface area contributed by atoms with Crippen molar-refractivity contribution >= 4 is 17.2 Å². The molecule has 0 saturated carbocycles. The monoisotopic (exact) mass is 392 g/mol. The molecule has 0 radical (unpaired) electrons. The van der Waals surface area contributed by atoms with Crippen molar-refractivity contribution in [2.24, 2.45) is 0 Å². The number of carbonyl (C=O) groups is 1. The number of nitrogens with one attached hydrogen (secondary N) is 1. The molecule has 4 rings (SSSR count). The molecule has 3 aromatic rings. The molecule has 1 amide bonds. The van der Waals surface area contributed by atoms with Gasteiger partial charge in [0, 0.05) is 50.8 Å². The highest BCUT2D eigenvalue weighted by atomic mass is 16.1. The predicted molar refractivity (Wildman–Crippen MR) is 114 cm³/mol. The van der Waals surface area contributed by atoms with Gasteiger partial charge in [-0.25, -0.2) is 9.50 Å². The maximum absolute atomic E-state index is 12.6. The minimum absolute atomic E-state index is 0.0901. The number of benzene rings is 1. The summed E-state index contributed by atoms with van der Waals surface area (Å²) in [5, 5.41) is 7.38. The number of hydrogen-bond donors (Lipinski definition) is 1. The van der Waals surface area contributed by atoms with Crippen molar-refractivity contribution in [1.29, 1.82) is 0 Å². The van der Waals surface area contributed by atoms with Crippen LogP contribution in [0.25, 0.3) is 5.65 Å². The number of anilines is 1. The van der Waals surface area contributed by atoms with Crippen LogP contribution in [0.4, 0.5) is 5.69 Å². The predicted octanol–water partition coefficient (Wildman–Crippen LogP) is 2.37. The molecular formula is C22H28N6O. The van der Waals surface area contributed by atoms with Gasteiger partial charge in [0.15, 0.2) is 5.65 Å². The number of unbranched alkanes of at least 4 members (excludes halogenated alkanes) is 1. The average molecular weight is 393 g/mol. The van der Waals surface area contributed by atoms with E-state index in [1.165, 1.54) is 5.69 Å². The largest absolute Gasteiger partial charge is 0.369 e. The Morgan fingerprint density at radius 1 is 1.07 bits per heavy atom. The molecule has 0 spiro atoms. The molecule has 0 aliphatic carbocycles. The first kappa shape index (κ1) is 19.4.